The van der Waals surface area contributed by atoms with Gasteiger partial charge >= 0.3 is 6.09 Å². The summed E-state index contributed by atoms with van der Waals surface area (Å²) in [5.74, 6) is 0.401. The molecule has 1 atom stereocenters. The number of rotatable bonds is 2. The van der Waals surface area contributed by atoms with Crippen molar-refractivity contribution in [1.29, 1.82) is 0 Å². The van der Waals surface area contributed by atoms with E-state index in [-0.39, 0.29) is 5.91 Å². The lowest BCUT2D eigenvalue weighted by molar-refractivity contribution is -0.122. The first-order valence-corrected chi connectivity index (χ1v) is 7.07. The molecule has 2 heterocycles. The van der Waals surface area contributed by atoms with Crippen LogP contribution in [0.3, 0.4) is 0 Å². The topological polar surface area (TPSA) is 62.7 Å². The average Bonchev–Trinajstić information content (AvgIpc) is 2.95. The Morgan fingerprint density at radius 3 is 2.85 bits per heavy atom. The van der Waals surface area contributed by atoms with Gasteiger partial charge in [-0.3, -0.25) is 14.6 Å². The quantitative estimate of drug-likeness (QED) is 0.825. The molecular weight excluding hydrogens is 326 g/mol. The second kappa shape index (κ2) is 6.21. The van der Waals surface area contributed by atoms with Crippen LogP contribution in [0, 0.1) is 0 Å². The predicted molar refractivity (Wildman–Crippen MR) is 77.5 cm³/mol. The highest BCUT2D eigenvalue weighted by atomic mass is 79.9. The second-order valence-corrected chi connectivity index (χ2v) is 5.47. The van der Waals surface area contributed by atoms with Crippen molar-refractivity contribution in [3.05, 3.63) is 22.8 Å². The number of hydrogen-bond donors (Lipinski definition) is 0. The van der Waals surface area contributed by atoms with Gasteiger partial charge in [0.15, 0.2) is 0 Å². The fraction of sp³-hybridized carbons (Fsp3) is 0.462. The highest BCUT2D eigenvalue weighted by molar-refractivity contribution is 9.10. The average molecular weight is 342 g/mol. The summed E-state index contributed by atoms with van der Waals surface area (Å²) in [6.45, 7) is 0.546. The van der Waals surface area contributed by atoms with Crippen molar-refractivity contribution < 1.29 is 14.3 Å². The van der Waals surface area contributed by atoms with Crippen LogP contribution in [0.2, 0.25) is 0 Å². The molecule has 0 aromatic carbocycles. The van der Waals surface area contributed by atoms with Gasteiger partial charge < -0.3 is 4.74 Å². The van der Waals surface area contributed by atoms with E-state index in [4.69, 9.17) is 4.74 Å². The normalized spacial score (nSPS) is 17.9. The molecule has 1 aromatic heterocycles. The van der Waals surface area contributed by atoms with Crippen LogP contribution in [0.1, 0.15) is 12.8 Å². The zero-order chi connectivity index (χ0) is 14.7. The number of carbonyl (C=O) groups excluding carboxylic acids is 2. The smallest absolute Gasteiger partial charge is 0.410 e. The van der Waals surface area contributed by atoms with Gasteiger partial charge in [0.05, 0.1) is 7.11 Å². The van der Waals surface area contributed by atoms with Crippen molar-refractivity contribution in [1.82, 2.24) is 9.88 Å². The summed E-state index contributed by atoms with van der Waals surface area (Å²) in [5, 5.41) is 0. The third-order valence-electron chi connectivity index (χ3n) is 3.33. The monoisotopic (exact) mass is 341 g/mol. The van der Waals surface area contributed by atoms with E-state index >= 15 is 0 Å². The number of halogens is 1. The second-order valence-electron chi connectivity index (χ2n) is 4.55. The molecule has 0 bridgehead atoms. The number of likely N-dealkylation sites (N-methyl/N-ethyl adjacent to an activating group) is 1. The fourth-order valence-corrected chi connectivity index (χ4v) is 2.50. The van der Waals surface area contributed by atoms with Gasteiger partial charge in [-0.2, -0.15) is 0 Å². The highest BCUT2D eigenvalue weighted by Gasteiger charge is 2.36. The number of amides is 2. The number of methoxy groups -OCH3 is 1. The Morgan fingerprint density at radius 1 is 1.50 bits per heavy atom. The van der Waals surface area contributed by atoms with E-state index < -0.39 is 12.1 Å². The summed E-state index contributed by atoms with van der Waals surface area (Å²) in [7, 11) is 2.98. The van der Waals surface area contributed by atoms with E-state index in [0.29, 0.717) is 18.8 Å². The molecule has 2 rings (SSSR count). The first-order valence-electron chi connectivity index (χ1n) is 6.28. The molecule has 1 unspecified atom stereocenters. The summed E-state index contributed by atoms with van der Waals surface area (Å²) < 4.78 is 5.56. The Hall–Kier alpha value is -1.63. The Balaban J connectivity index is 2.13. The van der Waals surface area contributed by atoms with Crippen LogP contribution in [0.25, 0.3) is 0 Å². The maximum absolute atomic E-state index is 12.5. The van der Waals surface area contributed by atoms with Crippen molar-refractivity contribution in [3.8, 4) is 0 Å². The molecule has 0 N–H and O–H groups in total. The zero-order valence-corrected chi connectivity index (χ0v) is 13.0. The van der Waals surface area contributed by atoms with E-state index in [1.807, 2.05) is 6.07 Å². The van der Waals surface area contributed by atoms with Crippen LogP contribution >= 0.6 is 15.9 Å². The maximum Gasteiger partial charge on any atom is 0.410 e. The zero-order valence-electron chi connectivity index (χ0n) is 11.4. The number of ether oxygens (including phenoxy) is 1. The summed E-state index contributed by atoms with van der Waals surface area (Å²) in [6.07, 6.45) is 2.62. The Kier molecular flexibility index (Phi) is 4.59. The van der Waals surface area contributed by atoms with Crippen molar-refractivity contribution in [2.24, 2.45) is 0 Å². The van der Waals surface area contributed by atoms with Crippen LogP contribution in [0.4, 0.5) is 10.6 Å². The van der Waals surface area contributed by atoms with Crippen LogP contribution in [-0.4, -0.2) is 48.6 Å². The van der Waals surface area contributed by atoms with E-state index in [2.05, 4.69) is 20.9 Å². The van der Waals surface area contributed by atoms with Crippen LogP contribution < -0.4 is 4.90 Å². The number of likely N-dealkylation sites (tertiary alicyclic amines) is 1. The minimum absolute atomic E-state index is 0.150. The molecule has 2 amide bonds. The molecule has 0 aliphatic carbocycles. The SMILES string of the molecule is COC(=O)N1CCCC1C(=O)N(C)c1ccc(Br)cn1. The van der Waals surface area contributed by atoms with Gasteiger partial charge in [-0.1, -0.05) is 0 Å². The number of anilines is 1. The standard InChI is InChI=1S/C13H16BrN3O3/c1-16(11-6-5-9(14)8-15-11)12(18)10-4-3-7-17(10)13(19)20-2/h5-6,8,10H,3-4,7H2,1-2H3. The molecule has 1 aromatic rings. The van der Waals surface area contributed by atoms with Gasteiger partial charge in [0.2, 0.25) is 0 Å². The Labute approximate surface area is 125 Å². The number of aromatic nitrogens is 1. The van der Waals surface area contributed by atoms with Gasteiger partial charge in [0.25, 0.3) is 5.91 Å². The molecule has 1 saturated heterocycles. The van der Waals surface area contributed by atoms with Gasteiger partial charge in [-0.05, 0) is 40.9 Å². The van der Waals surface area contributed by atoms with Gasteiger partial charge in [0, 0.05) is 24.3 Å². The predicted octanol–water partition coefficient (Wildman–Crippen LogP) is 2.04. The molecule has 108 valence electrons. The largest absolute Gasteiger partial charge is 0.453 e. The van der Waals surface area contributed by atoms with Crippen LogP contribution in [-0.2, 0) is 9.53 Å². The molecule has 7 heteroatoms. The summed E-state index contributed by atoms with van der Waals surface area (Å²) in [4.78, 5) is 31.3. The Bertz CT molecular complexity index is 506. The lowest BCUT2D eigenvalue weighted by atomic mass is 10.2. The lowest BCUT2D eigenvalue weighted by Crippen LogP contribution is -2.46. The summed E-state index contributed by atoms with van der Waals surface area (Å²) in [5.41, 5.74) is 0. The van der Waals surface area contributed by atoms with Crippen LogP contribution in [0.15, 0.2) is 22.8 Å². The Morgan fingerprint density at radius 2 is 2.25 bits per heavy atom. The lowest BCUT2D eigenvalue weighted by Gasteiger charge is -2.26. The summed E-state index contributed by atoms with van der Waals surface area (Å²) in [6, 6.07) is 3.09. The minimum atomic E-state index is -0.474. The van der Waals surface area contributed by atoms with E-state index in [0.717, 1.165) is 10.9 Å². The first-order chi connectivity index (χ1) is 9.54. The number of carbonyl (C=O) groups is 2. The van der Waals surface area contributed by atoms with E-state index in [1.54, 1.807) is 19.3 Å². The molecule has 20 heavy (non-hydrogen) atoms. The van der Waals surface area contributed by atoms with Crippen molar-refractivity contribution in [2.45, 2.75) is 18.9 Å². The first kappa shape index (κ1) is 14.8. The molecule has 0 saturated carbocycles. The molecule has 1 aliphatic rings. The van der Waals surface area contributed by atoms with E-state index in [9.17, 15) is 9.59 Å². The number of hydrogen-bond acceptors (Lipinski definition) is 4. The molecule has 0 spiro atoms. The van der Waals surface area contributed by atoms with E-state index in [1.165, 1.54) is 16.9 Å². The molecule has 0 radical (unpaired) electrons. The molecule has 6 nitrogen and oxygen atoms in total. The molecule has 1 fully saturated rings. The van der Waals surface area contributed by atoms with Crippen molar-refractivity contribution in [3.63, 3.8) is 0 Å². The molecular formula is C13H16BrN3O3. The number of nitrogens with zero attached hydrogens (tertiary/aromatic N) is 3. The molecule has 1 aliphatic heterocycles. The minimum Gasteiger partial charge on any atom is -0.453 e. The highest BCUT2D eigenvalue weighted by Crippen LogP contribution is 2.22. The van der Waals surface area contributed by atoms with Crippen molar-refractivity contribution >= 4 is 33.7 Å². The van der Waals surface area contributed by atoms with Gasteiger partial charge in [-0.25, -0.2) is 9.78 Å². The summed E-state index contributed by atoms with van der Waals surface area (Å²) >= 11 is 3.30. The third-order valence-corrected chi connectivity index (χ3v) is 3.80. The van der Waals surface area contributed by atoms with Crippen molar-refractivity contribution in [2.75, 3.05) is 25.6 Å². The van der Waals surface area contributed by atoms with Gasteiger partial charge in [-0.15, -0.1) is 0 Å². The maximum atomic E-state index is 12.5. The third kappa shape index (κ3) is 2.92. The number of pyridine rings is 1. The van der Waals surface area contributed by atoms with Crippen LogP contribution in [0.5, 0.6) is 0 Å². The fourth-order valence-electron chi connectivity index (χ4n) is 2.26. The van der Waals surface area contributed by atoms with Gasteiger partial charge in [0.1, 0.15) is 11.9 Å².